The van der Waals surface area contributed by atoms with E-state index in [1.165, 1.54) is 24.7 Å². The highest BCUT2D eigenvalue weighted by molar-refractivity contribution is 5.91. The number of anilines is 1. The Hall–Kier alpha value is -2.83. The maximum Gasteiger partial charge on any atom is 0.335 e. The lowest BCUT2D eigenvalue weighted by molar-refractivity contribution is 0.0696. The fraction of sp³-hybridized carbons (Fsp3) is 0.0769. The summed E-state index contributed by atoms with van der Waals surface area (Å²) in [6, 6.07) is 4.32. The van der Waals surface area contributed by atoms with Gasteiger partial charge in [-0.3, -0.25) is 0 Å². The van der Waals surface area contributed by atoms with Gasteiger partial charge >= 0.3 is 12.0 Å². The number of carbonyl (C=O) groups excluding carboxylic acids is 1. The predicted molar refractivity (Wildman–Crippen MR) is 67.9 cm³/mol. The number of carbonyl (C=O) groups is 2. The van der Waals surface area contributed by atoms with Crippen LogP contribution < -0.4 is 10.6 Å². The van der Waals surface area contributed by atoms with Crippen molar-refractivity contribution in [1.29, 1.82) is 0 Å². The van der Waals surface area contributed by atoms with Gasteiger partial charge in [0.05, 0.1) is 23.8 Å². The molecule has 0 unspecified atom stereocenters. The molecule has 0 bridgehead atoms. The largest absolute Gasteiger partial charge is 0.478 e. The monoisotopic (exact) mass is 278 g/mol. The average molecular weight is 278 g/mol. The Bertz CT molecular complexity index is 625. The third-order valence-corrected chi connectivity index (χ3v) is 2.50. The smallest absolute Gasteiger partial charge is 0.335 e. The summed E-state index contributed by atoms with van der Waals surface area (Å²) in [5.74, 6) is -2.05. The van der Waals surface area contributed by atoms with Crippen LogP contribution in [-0.4, -0.2) is 17.1 Å². The minimum Gasteiger partial charge on any atom is -0.478 e. The standard InChI is InChI=1S/C13H11FN2O4/c14-10-5-9(12(17)18)1-2-11(10)16-13(19)15-6-8-3-4-20-7-8/h1-5,7H,6H2,(H,17,18)(H2,15,16,19). The van der Waals surface area contributed by atoms with Crippen molar-refractivity contribution >= 4 is 17.7 Å². The molecular weight excluding hydrogens is 267 g/mol. The maximum absolute atomic E-state index is 13.6. The topological polar surface area (TPSA) is 91.6 Å². The molecule has 1 aromatic heterocycles. The summed E-state index contributed by atoms with van der Waals surface area (Å²) < 4.78 is 18.4. The van der Waals surface area contributed by atoms with Gasteiger partial charge in [-0.25, -0.2) is 14.0 Å². The molecule has 6 nitrogen and oxygen atoms in total. The number of nitrogens with one attached hydrogen (secondary N) is 2. The molecule has 0 aliphatic heterocycles. The van der Waals surface area contributed by atoms with Crippen LogP contribution in [0, 0.1) is 5.82 Å². The summed E-state index contributed by atoms with van der Waals surface area (Å²) >= 11 is 0. The van der Waals surface area contributed by atoms with Gasteiger partial charge in [-0.1, -0.05) is 0 Å². The van der Waals surface area contributed by atoms with Crippen LogP contribution in [0.3, 0.4) is 0 Å². The van der Waals surface area contributed by atoms with Crippen LogP contribution in [-0.2, 0) is 6.54 Å². The lowest BCUT2D eigenvalue weighted by atomic mass is 10.2. The minimum absolute atomic E-state index is 0.0975. The van der Waals surface area contributed by atoms with E-state index in [4.69, 9.17) is 9.52 Å². The Balaban J connectivity index is 1.95. The van der Waals surface area contributed by atoms with Gasteiger partial charge in [-0.05, 0) is 24.3 Å². The fourth-order valence-electron chi connectivity index (χ4n) is 1.49. The number of urea groups is 1. The normalized spacial score (nSPS) is 10.1. The summed E-state index contributed by atoms with van der Waals surface area (Å²) in [7, 11) is 0. The van der Waals surface area contributed by atoms with Crippen molar-refractivity contribution in [3.63, 3.8) is 0 Å². The average Bonchev–Trinajstić information content (AvgIpc) is 2.91. The van der Waals surface area contributed by atoms with Gasteiger partial charge in [0.2, 0.25) is 0 Å². The Morgan fingerprint density at radius 2 is 2.10 bits per heavy atom. The zero-order valence-corrected chi connectivity index (χ0v) is 10.2. The van der Waals surface area contributed by atoms with Gasteiger partial charge < -0.3 is 20.2 Å². The van der Waals surface area contributed by atoms with Crippen LogP contribution in [0.1, 0.15) is 15.9 Å². The quantitative estimate of drug-likeness (QED) is 0.801. The van der Waals surface area contributed by atoms with Gasteiger partial charge in [0.25, 0.3) is 0 Å². The first-order valence-corrected chi connectivity index (χ1v) is 5.65. The van der Waals surface area contributed by atoms with Gasteiger partial charge in [-0.2, -0.15) is 0 Å². The molecule has 0 fully saturated rings. The number of carboxylic acid groups (broad SMARTS) is 1. The van der Waals surface area contributed by atoms with Crippen LogP contribution in [0.4, 0.5) is 14.9 Å². The van der Waals surface area contributed by atoms with Crippen LogP contribution in [0.25, 0.3) is 0 Å². The third-order valence-electron chi connectivity index (χ3n) is 2.50. The Labute approximate surface area is 113 Å². The molecule has 104 valence electrons. The Morgan fingerprint density at radius 3 is 2.70 bits per heavy atom. The first-order chi connectivity index (χ1) is 9.56. The first-order valence-electron chi connectivity index (χ1n) is 5.65. The van der Waals surface area contributed by atoms with E-state index in [1.807, 2.05) is 0 Å². The fourth-order valence-corrected chi connectivity index (χ4v) is 1.49. The molecule has 0 aliphatic carbocycles. The zero-order valence-electron chi connectivity index (χ0n) is 10.2. The van der Waals surface area contributed by atoms with Crippen molar-refractivity contribution in [2.24, 2.45) is 0 Å². The van der Waals surface area contributed by atoms with Gasteiger partial charge in [-0.15, -0.1) is 0 Å². The first kappa shape index (κ1) is 13.6. The molecule has 2 amide bonds. The highest BCUT2D eigenvalue weighted by Gasteiger charge is 2.10. The molecule has 20 heavy (non-hydrogen) atoms. The van der Waals surface area contributed by atoms with Crippen molar-refractivity contribution < 1.29 is 23.5 Å². The zero-order chi connectivity index (χ0) is 14.5. The van der Waals surface area contributed by atoms with E-state index >= 15 is 0 Å². The molecule has 0 radical (unpaired) electrons. The molecule has 0 spiro atoms. The van der Waals surface area contributed by atoms with E-state index in [0.717, 1.165) is 11.6 Å². The van der Waals surface area contributed by atoms with Crippen LogP contribution in [0.5, 0.6) is 0 Å². The van der Waals surface area contributed by atoms with Gasteiger partial charge in [0, 0.05) is 12.1 Å². The number of rotatable bonds is 4. The third kappa shape index (κ3) is 3.35. The molecule has 0 saturated carbocycles. The van der Waals surface area contributed by atoms with Crippen LogP contribution >= 0.6 is 0 Å². The molecular formula is C13H11FN2O4. The predicted octanol–water partition coefficient (Wildman–Crippen LogP) is 2.44. The molecule has 2 rings (SSSR count). The molecule has 7 heteroatoms. The van der Waals surface area contributed by atoms with E-state index < -0.39 is 17.8 Å². The van der Waals surface area contributed by atoms with Crippen molar-refractivity contribution in [3.05, 3.63) is 53.7 Å². The van der Waals surface area contributed by atoms with Gasteiger partial charge in [0.1, 0.15) is 5.82 Å². The number of aromatic carboxylic acids is 1. The molecule has 1 aromatic carbocycles. The number of halogens is 1. The highest BCUT2D eigenvalue weighted by Crippen LogP contribution is 2.15. The lowest BCUT2D eigenvalue weighted by Gasteiger charge is -2.08. The molecule has 0 saturated heterocycles. The maximum atomic E-state index is 13.6. The minimum atomic E-state index is -1.24. The van der Waals surface area contributed by atoms with Crippen LogP contribution in [0.15, 0.2) is 41.2 Å². The Kier molecular flexibility index (Phi) is 3.99. The molecule has 2 aromatic rings. The van der Waals surface area contributed by atoms with Gasteiger partial charge in [0.15, 0.2) is 0 Å². The van der Waals surface area contributed by atoms with E-state index in [-0.39, 0.29) is 17.8 Å². The second kappa shape index (κ2) is 5.87. The van der Waals surface area contributed by atoms with E-state index in [1.54, 1.807) is 6.07 Å². The summed E-state index contributed by atoms with van der Waals surface area (Å²) in [6.45, 7) is 0.233. The summed E-state index contributed by atoms with van der Waals surface area (Å²) in [6.07, 6.45) is 2.95. The number of carboxylic acids is 1. The molecule has 0 aliphatic rings. The SMILES string of the molecule is O=C(NCc1ccoc1)Nc1ccc(C(=O)O)cc1F. The second-order valence-electron chi connectivity index (χ2n) is 3.94. The summed E-state index contributed by atoms with van der Waals surface area (Å²) in [5.41, 5.74) is 0.480. The summed E-state index contributed by atoms with van der Waals surface area (Å²) in [5, 5.41) is 13.5. The van der Waals surface area contributed by atoms with Crippen LogP contribution in [0.2, 0.25) is 0 Å². The number of furan rings is 1. The van der Waals surface area contributed by atoms with Crippen molar-refractivity contribution in [2.45, 2.75) is 6.54 Å². The second-order valence-corrected chi connectivity index (χ2v) is 3.94. The van der Waals surface area contributed by atoms with E-state index in [9.17, 15) is 14.0 Å². The molecule has 1 heterocycles. The van der Waals surface area contributed by atoms with Crippen molar-refractivity contribution in [1.82, 2.24) is 5.32 Å². The number of benzene rings is 1. The molecule has 0 atom stereocenters. The van der Waals surface area contributed by atoms with Crippen molar-refractivity contribution in [3.8, 4) is 0 Å². The molecule has 3 N–H and O–H groups in total. The number of hydrogen-bond donors (Lipinski definition) is 3. The number of amides is 2. The number of hydrogen-bond acceptors (Lipinski definition) is 3. The van der Waals surface area contributed by atoms with E-state index in [0.29, 0.717) is 0 Å². The Morgan fingerprint density at radius 1 is 1.30 bits per heavy atom. The van der Waals surface area contributed by atoms with Crippen molar-refractivity contribution in [2.75, 3.05) is 5.32 Å². The highest BCUT2D eigenvalue weighted by atomic mass is 19.1. The lowest BCUT2D eigenvalue weighted by Crippen LogP contribution is -2.28. The summed E-state index contributed by atoms with van der Waals surface area (Å²) in [4.78, 5) is 22.2. The van der Waals surface area contributed by atoms with E-state index in [2.05, 4.69) is 10.6 Å².